The molecule has 0 aliphatic carbocycles. The van der Waals surface area contributed by atoms with E-state index in [0.29, 0.717) is 18.9 Å². The van der Waals surface area contributed by atoms with Gasteiger partial charge in [-0.1, -0.05) is 0 Å². The third kappa shape index (κ3) is 4.30. The first-order chi connectivity index (χ1) is 15.5. The number of carbonyl (C=O) groups is 1. The number of nitrogens with zero attached hydrogens (tertiary/aromatic N) is 6. The molecule has 0 radical (unpaired) electrons. The zero-order valence-electron chi connectivity index (χ0n) is 18.2. The number of pyridine rings is 1. The molecule has 2 aromatic heterocycles. The second-order valence-electron chi connectivity index (χ2n) is 7.61. The van der Waals surface area contributed by atoms with Crippen LogP contribution < -0.4 is 4.90 Å². The van der Waals surface area contributed by atoms with Crippen LogP contribution >= 0.6 is 0 Å². The normalized spacial score (nSPS) is 14.2. The molecule has 164 valence electrons. The van der Waals surface area contributed by atoms with Crippen molar-refractivity contribution in [3.05, 3.63) is 66.0 Å². The van der Waals surface area contributed by atoms with Crippen LogP contribution in [0.15, 0.2) is 53.8 Å². The Morgan fingerprint density at radius 2 is 1.84 bits per heavy atom. The topological polar surface area (TPSA) is 66.6 Å². The van der Waals surface area contributed by atoms with Crippen LogP contribution in [-0.2, 0) is 4.79 Å². The molecular formula is C24H25FN6O. The van der Waals surface area contributed by atoms with Gasteiger partial charge in [-0.15, -0.1) is 0 Å². The summed E-state index contributed by atoms with van der Waals surface area (Å²) in [5.74, 6) is 1.38. The van der Waals surface area contributed by atoms with E-state index in [0.717, 1.165) is 41.5 Å². The minimum absolute atomic E-state index is 0.104. The van der Waals surface area contributed by atoms with Gasteiger partial charge in [0, 0.05) is 62.4 Å². The summed E-state index contributed by atoms with van der Waals surface area (Å²) in [5.41, 5.74) is 3.30. The summed E-state index contributed by atoms with van der Waals surface area (Å²) < 4.78 is 15.5. The summed E-state index contributed by atoms with van der Waals surface area (Å²) in [6.45, 7) is 9.92. The predicted octanol–water partition coefficient (Wildman–Crippen LogP) is 3.72. The van der Waals surface area contributed by atoms with Crippen molar-refractivity contribution in [2.24, 2.45) is 4.99 Å². The molecule has 0 unspecified atom stereocenters. The van der Waals surface area contributed by atoms with Gasteiger partial charge in [-0.3, -0.25) is 14.4 Å². The standard InChI is InChI=1S/C24H25FN6O/c1-17-22(10-11-26-3)28-24(31(17)21-7-5-20(25)6-8-21)19-4-9-23(27-16-19)30-14-12-29(13-15-30)18(2)32/h4-11,16H,3,12-15H2,1-2H3/b11-10-. The highest BCUT2D eigenvalue weighted by atomic mass is 19.1. The van der Waals surface area contributed by atoms with Crippen molar-refractivity contribution in [2.45, 2.75) is 13.8 Å². The van der Waals surface area contributed by atoms with Gasteiger partial charge in [0.1, 0.15) is 17.5 Å². The predicted molar refractivity (Wildman–Crippen MR) is 125 cm³/mol. The van der Waals surface area contributed by atoms with Crippen molar-refractivity contribution in [1.82, 2.24) is 19.4 Å². The number of anilines is 1. The number of benzene rings is 1. The molecule has 1 amide bonds. The van der Waals surface area contributed by atoms with Gasteiger partial charge in [0.15, 0.2) is 0 Å². The second-order valence-corrected chi connectivity index (χ2v) is 7.61. The van der Waals surface area contributed by atoms with E-state index in [-0.39, 0.29) is 11.7 Å². The lowest BCUT2D eigenvalue weighted by Crippen LogP contribution is -2.48. The zero-order chi connectivity index (χ0) is 22.7. The molecule has 1 aromatic carbocycles. The Kier molecular flexibility index (Phi) is 6.11. The Balaban J connectivity index is 1.67. The fraction of sp³-hybridized carbons (Fsp3) is 0.250. The van der Waals surface area contributed by atoms with Crippen molar-refractivity contribution < 1.29 is 9.18 Å². The molecule has 0 bridgehead atoms. The Labute approximate surface area is 186 Å². The molecule has 7 nitrogen and oxygen atoms in total. The molecule has 4 rings (SSSR count). The van der Waals surface area contributed by atoms with Gasteiger partial charge < -0.3 is 9.80 Å². The SMILES string of the molecule is C=N/C=C\c1nc(-c2ccc(N3CCN(C(C)=O)CC3)nc2)n(-c2ccc(F)cc2)c1C. The van der Waals surface area contributed by atoms with Crippen LogP contribution in [0.2, 0.25) is 0 Å². The maximum Gasteiger partial charge on any atom is 0.219 e. The number of rotatable bonds is 5. The fourth-order valence-corrected chi connectivity index (χ4v) is 3.86. The Bertz CT molecular complexity index is 1140. The summed E-state index contributed by atoms with van der Waals surface area (Å²) in [7, 11) is 0. The molecule has 3 aromatic rings. The average molecular weight is 433 g/mol. The molecule has 1 aliphatic heterocycles. The first-order valence-corrected chi connectivity index (χ1v) is 10.4. The van der Waals surface area contributed by atoms with E-state index >= 15 is 0 Å². The number of piperazine rings is 1. The van der Waals surface area contributed by atoms with Crippen molar-refractivity contribution in [3.8, 4) is 17.1 Å². The number of carbonyl (C=O) groups excluding carboxylic acids is 1. The van der Waals surface area contributed by atoms with Crippen molar-refractivity contribution >= 4 is 24.5 Å². The van der Waals surface area contributed by atoms with Crippen LogP contribution in [0, 0.1) is 12.7 Å². The lowest BCUT2D eigenvalue weighted by atomic mass is 10.2. The maximum absolute atomic E-state index is 13.5. The third-order valence-corrected chi connectivity index (χ3v) is 5.62. The number of aromatic nitrogens is 3. The minimum Gasteiger partial charge on any atom is -0.353 e. The Hall–Kier alpha value is -3.81. The van der Waals surface area contributed by atoms with E-state index in [4.69, 9.17) is 4.98 Å². The zero-order valence-corrected chi connectivity index (χ0v) is 18.2. The maximum atomic E-state index is 13.5. The number of halogens is 1. The van der Waals surface area contributed by atoms with Gasteiger partial charge in [0.2, 0.25) is 5.91 Å². The molecule has 0 spiro atoms. The Morgan fingerprint density at radius 1 is 1.12 bits per heavy atom. The van der Waals surface area contributed by atoms with E-state index in [1.54, 1.807) is 37.5 Å². The number of hydrogen-bond donors (Lipinski definition) is 0. The summed E-state index contributed by atoms with van der Waals surface area (Å²) in [4.78, 5) is 28.8. The molecule has 1 saturated heterocycles. The largest absolute Gasteiger partial charge is 0.353 e. The lowest BCUT2D eigenvalue weighted by Gasteiger charge is -2.34. The minimum atomic E-state index is -0.292. The summed E-state index contributed by atoms with van der Waals surface area (Å²) in [6.07, 6.45) is 5.19. The van der Waals surface area contributed by atoms with E-state index in [1.807, 2.05) is 28.5 Å². The molecule has 0 N–H and O–H groups in total. The fourth-order valence-electron chi connectivity index (χ4n) is 3.86. The smallest absolute Gasteiger partial charge is 0.219 e. The summed E-state index contributed by atoms with van der Waals surface area (Å²) >= 11 is 0. The van der Waals surface area contributed by atoms with E-state index in [2.05, 4.69) is 21.6 Å². The van der Waals surface area contributed by atoms with Crippen LogP contribution in [0.5, 0.6) is 0 Å². The number of aliphatic imine (C=N–C) groups is 1. The highest BCUT2D eigenvalue weighted by molar-refractivity contribution is 5.73. The first kappa shape index (κ1) is 21.4. The molecule has 1 aliphatic rings. The lowest BCUT2D eigenvalue weighted by molar-refractivity contribution is -0.129. The van der Waals surface area contributed by atoms with Gasteiger partial charge in [-0.05, 0) is 56.1 Å². The van der Waals surface area contributed by atoms with Gasteiger partial charge in [-0.25, -0.2) is 14.4 Å². The molecule has 32 heavy (non-hydrogen) atoms. The number of amides is 1. The molecule has 8 heteroatoms. The highest BCUT2D eigenvalue weighted by Gasteiger charge is 2.20. The number of hydrogen-bond acceptors (Lipinski definition) is 5. The van der Waals surface area contributed by atoms with Crippen molar-refractivity contribution in [2.75, 3.05) is 31.1 Å². The van der Waals surface area contributed by atoms with Crippen LogP contribution in [0.1, 0.15) is 18.3 Å². The monoisotopic (exact) mass is 432 g/mol. The van der Waals surface area contributed by atoms with Crippen LogP contribution in [0.3, 0.4) is 0 Å². The van der Waals surface area contributed by atoms with Crippen LogP contribution in [-0.4, -0.2) is 58.2 Å². The molecule has 0 atom stereocenters. The van der Waals surface area contributed by atoms with E-state index in [9.17, 15) is 9.18 Å². The first-order valence-electron chi connectivity index (χ1n) is 10.4. The van der Waals surface area contributed by atoms with E-state index in [1.165, 1.54) is 12.1 Å². The summed E-state index contributed by atoms with van der Waals surface area (Å²) in [5, 5.41) is 0. The summed E-state index contributed by atoms with van der Waals surface area (Å²) in [6, 6.07) is 10.3. The molecule has 1 fully saturated rings. The van der Waals surface area contributed by atoms with Gasteiger partial charge in [0.25, 0.3) is 0 Å². The van der Waals surface area contributed by atoms with Gasteiger partial charge >= 0.3 is 0 Å². The van der Waals surface area contributed by atoms with Gasteiger partial charge in [-0.2, -0.15) is 0 Å². The quantitative estimate of drug-likeness (QED) is 0.577. The Morgan fingerprint density at radius 3 is 2.44 bits per heavy atom. The van der Waals surface area contributed by atoms with Crippen LogP contribution in [0.4, 0.5) is 10.2 Å². The molecule has 3 heterocycles. The van der Waals surface area contributed by atoms with E-state index < -0.39 is 0 Å². The third-order valence-electron chi connectivity index (χ3n) is 5.62. The van der Waals surface area contributed by atoms with Crippen LogP contribution in [0.25, 0.3) is 23.2 Å². The highest BCUT2D eigenvalue weighted by Crippen LogP contribution is 2.28. The second kappa shape index (κ2) is 9.13. The average Bonchev–Trinajstić information content (AvgIpc) is 3.14. The van der Waals surface area contributed by atoms with Crippen molar-refractivity contribution in [3.63, 3.8) is 0 Å². The molecular weight excluding hydrogens is 407 g/mol. The van der Waals surface area contributed by atoms with Gasteiger partial charge in [0.05, 0.1) is 5.69 Å². The number of imidazole rings is 1. The molecule has 0 saturated carbocycles. The van der Waals surface area contributed by atoms with Crippen molar-refractivity contribution in [1.29, 1.82) is 0 Å².